The first kappa shape index (κ1) is 25.9. The van der Waals surface area contributed by atoms with E-state index in [1.165, 1.54) is 12.4 Å². The molecule has 1 aliphatic rings. The fraction of sp³-hybridized carbons (Fsp3) is 0.522. The van der Waals surface area contributed by atoms with Crippen molar-refractivity contribution in [2.75, 3.05) is 31.6 Å². The summed E-state index contributed by atoms with van der Waals surface area (Å²) in [6.45, 7) is 1.34. The molecule has 13 heteroatoms. The van der Waals surface area contributed by atoms with Gasteiger partial charge in [-0.25, -0.2) is 23.4 Å². The van der Waals surface area contributed by atoms with Crippen LogP contribution in [0, 0.1) is 5.41 Å². The summed E-state index contributed by atoms with van der Waals surface area (Å²) >= 11 is 0. The average Bonchev–Trinajstić information content (AvgIpc) is 3.20. The van der Waals surface area contributed by atoms with E-state index in [-0.39, 0.29) is 17.6 Å². The highest BCUT2D eigenvalue weighted by Gasteiger charge is 2.36. The van der Waals surface area contributed by atoms with Crippen molar-refractivity contribution >= 4 is 23.3 Å². The minimum Gasteiger partial charge on any atom is -0.355 e. The Labute approximate surface area is 204 Å². The Morgan fingerprint density at radius 3 is 2.58 bits per heavy atom. The molecule has 1 saturated heterocycles. The van der Waals surface area contributed by atoms with E-state index in [1.54, 1.807) is 6.20 Å². The molecule has 4 heterocycles. The molecule has 0 N–H and O–H groups in total. The van der Waals surface area contributed by atoms with Crippen molar-refractivity contribution < 1.29 is 26.7 Å². The van der Waals surface area contributed by atoms with E-state index in [1.807, 2.05) is 16.8 Å². The minimum absolute atomic E-state index is 0.261. The Morgan fingerprint density at radius 1 is 1.17 bits per heavy atom. The number of halogens is 5. The van der Waals surface area contributed by atoms with Gasteiger partial charge < -0.3 is 14.6 Å². The largest absolute Gasteiger partial charge is 0.417 e. The van der Waals surface area contributed by atoms with Gasteiger partial charge in [0.05, 0.1) is 18.0 Å². The number of pyridine rings is 1. The minimum atomic E-state index is -4.46. The summed E-state index contributed by atoms with van der Waals surface area (Å²) < 4.78 is 65.9. The third-order valence-corrected chi connectivity index (χ3v) is 6.49. The molecule has 0 radical (unpaired) electrons. The van der Waals surface area contributed by atoms with E-state index < -0.39 is 24.7 Å². The predicted octanol–water partition coefficient (Wildman–Crippen LogP) is 3.81. The van der Waals surface area contributed by atoms with E-state index in [4.69, 9.17) is 0 Å². The lowest BCUT2D eigenvalue weighted by atomic mass is 9.75. The second-order valence-corrected chi connectivity index (χ2v) is 9.26. The lowest BCUT2D eigenvalue weighted by Crippen LogP contribution is -2.46. The molecule has 0 saturated carbocycles. The number of nitrogens with zero attached hydrogens (tertiary/aromatic N) is 7. The molecule has 0 aromatic carbocycles. The maximum atomic E-state index is 13.0. The van der Waals surface area contributed by atoms with E-state index >= 15 is 0 Å². The Kier molecular flexibility index (Phi) is 7.48. The van der Waals surface area contributed by atoms with Gasteiger partial charge in [-0.2, -0.15) is 18.3 Å². The van der Waals surface area contributed by atoms with Crippen LogP contribution in [0.5, 0.6) is 0 Å². The molecule has 0 spiro atoms. The molecule has 3 aromatic heterocycles. The van der Waals surface area contributed by atoms with Crippen molar-refractivity contribution in [3.8, 4) is 0 Å². The summed E-state index contributed by atoms with van der Waals surface area (Å²) in [5.41, 5.74) is 0.00787. The Morgan fingerprint density at radius 2 is 1.92 bits per heavy atom. The number of aldehydes is 1. The van der Waals surface area contributed by atoms with Gasteiger partial charge in [0.25, 0.3) is 6.43 Å². The van der Waals surface area contributed by atoms with E-state index in [2.05, 4.69) is 20.1 Å². The number of alkyl halides is 5. The molecule has 0 bridgehead atoms. The summed E-state index contributed by atoms with van der Waals surface area (Å²) in [7, 11) is 1.81. The number of carbonyl (C=O) groups excluding carboxylic acids is 1. The maximum Gasteiger partial charge on any atom is 0.417 e. The van der Waals surface area contributed by atoms with Crippen LogP contribution >= 0.6 is 0 Å². The van der Waals surface area contributed by atoms with Gasteiger partial charge in [-0.3, -0.25) is 4.98 Å². The SMILES string of the molecule is CN(Cc1cncc(C(F)(F)F)c1)CC1(CC=O)CCN(c2cnc3cnn(CC(F)F)c3n2)CC1. The van der Waals surface area contributed by atoms with Crippen LogP contribution < -0.4 is 4.90 Å². The van der Waals surface area contributed by atoms with Crippen molar-refractivity contribution in [3.05, 3.63) is 42.0 Å². The first-order chi connectivity index (χ1) is 17.1. The number of aromatic nitrogens is 5. The van der Waals surface area contributed by atoms with E-state index in [9.17, 15) is 26.7 Å². The second-order valence-electron chi connectivity index (χ2n) is 9.26. The van der Waals surface area contributed by atoms with Crippen LogP contribution in [-0.4, -0.2) is 69.0 Å². The Balaban J connectivity index is 1.43. The molecule has 1 fully saturated rings. The highest BCUT2D eigenvalue weighted by atomic mass is 19.4. The maximum absolute atomic E-state index is 13.0. The van der Waals surface area contributed by atoms with Crippen molar-refractivity contribution in [1.82, 2.24) is 29.6 Å². The van der Waals surface area contributed by atoms with Gasteiger partial charge in [0.15, 0.2) is 5.65 Å². The van der Waals surface area contributed by atoms with Crippen LogP contribution in [0.25, 0.3) is 11.2 Å². The molecule has 36 heavy (non-hydrogen) atoms. The molecule has 3 aromatic rings. The van der Waals surface area contributed by atoms with Crippen LogP contribution in [0.4, 0.5) is 27.8 Å². The molecular formula is C23H26F5N7O. The number of piperidine rings is 1. The smallest absolute Gasteiger partial charge is 0.355 e. The van der Waals surface area contributed by atoms with Crippen LogP contribution in [0.3, 0.4) is 0 Å². The third-order valence-electron chi connectivity index (χ3n) is 6.49. The van der Waals surface area contributed by atoms with Crippen molar-refractivity contribution in [2.24, 2.45) is 5.41 Å². The molecule has 194 valence electrons. The zero-order valence-corrected chi connectivity index (χ0v) is 19.6. The summed E-state index contributed by atoms with van der Waals surface area (Å²) in [5.74, 6) is 0.543. The highest BCUT2D eigenvalue weighted by Crippen LogP contribution is 2.37. The van der Waals surface area contributed by atoms with E-state index in [0.717, 1.165) is 23.2 Å². The predicted molar refractivity (Wildman–Crippen MR) is 121 cm³/mol. The van der Waals surface area contributed by atoms with Crippen LogP contribution in [0.1, 0.15) is 30.4 Å². The zero-order chi connectivity index (χ0) is 25.9. The van der Waals surface area contributed by atoms with Crippen LogP contribution in [-0.2, 0) is 24.1 Å². The van der Waals surface area contributed by atoms with Crippen molar-refractivity contribution in [2.45, 2.75) is 45.0 Å². The fourth-order valence-corrected chi connectivity index (χ4v) is 4.74. The average molecular weight is 511 g/mol. The van der Waals surface area contributed by atoms with Crippen LogP contribution in [0.2, 0.25) is 0 Å². The highest BCUT2D eigenvalue weighted by molar-refractivity contribution is 5.71. The standard InChI is InChI=1S/C23H26F5N7O/c1-33(13-16-8-17(10-29-9-16)23(26,27)28)15-22(4-7-36)2-5-34(6-3-22)20-12-30-18-11-31-35(14-19(24)25)21(18)32-20/h7-12,19H,2-6,13-15H2,1H3. The van der Waals surface area contributed by atoms with Crippen molar-refractivity contribution in [3.63, 3.8) is 0 Å². The number of rotatable bonds is 9. The lowest BCUT2D eigenvalue weighted by Gasteiger charge is -2.43. The molecule has 0 atom stereocenters. The third kappa shape index (κ3) is 5.94. The summed E-state index contributed by atoms with van der Waals surface area (Å²) in [6, 6.07) is 1.09. The van der Waals surface area contributed by atoms with Crippen LogP contribution in [0.15, 0.2) is 30.9 Å². The van der Waals surface area contributed by atoms with Gasteiger partial charge in [-0.05, 0) is 36.9 Å². The number of hydrogen-bond donors (Lipinski definition) is 0. The molecule has 0 aliphatic carbocycles. The first-order valence-corrected chi connectivity index (χ1v) is 11.4. The van der Waals surface area contributed by atoms with E-state index in [0.29, 0.717) is 55.8 Å². The summed E-state index contributed by atoms with van der Waals surface area (Å²) in [6.07, 6.45) is 0.646. The topological polar surface area (TPSA) is 80.0 Å². The Bertz CT molecular complexity index is 1190. The van der Waals surface area contributed by atoms with Gasteiger partial charge >= 0.3 is 6.18 Å². The lowest BCUT2D eigenvalue weighted by molar-refractivity contribution is -0.137. The van der Waals surface area contributed by atoms with Gasteiger partial charge in [0, 0.05) is 45.0 Å². The molecule has 1 aliphatic heterocycles. The monoisotopic (exact) mass is 511 g/mol. The summed E-state index contributed by atoms with van der Waals surface area (Å²) in [4.78, 5) is 27.9. The number of carbonyl (C=O) groups is 1. The molecule has 8 nitrogen and oxygen atoms in total. The van der Waals surface area contributed by atoms with Crippen molar-refractivity contribution in [1.29, 1.82) is 0 Å². The first-order valence-electron chi connectivity index (χ1n) is 11.4. The number of anilines is 1. The molecule has 4 rings (SSSR count). The Hall–Kier alpha value is -3.22. The fourth-order valence-electron chi connectivity index (χ4n) is 4.74. The zero-order valence-electron chi connectivity index (χ0n) is 19.6. The van der Waals surface area contributed by atoms with Gasteiger partial charge in [-0.1, -0.05) is 0 Å². The van der Waals surface area contributed by atoms with Gasteiger partial charge in [-0.15, -0.1) is 0 Å². The summed E-state index contributed by atoms with van der Waals surface area (Å²) in [5, 5.41) is 3.94. The molecule has 0 amide bonds. The number of fused-ring (bicyclic) bond motifs is 1. The normalized spacial score (nSPS) is 16.3. The second kappa shape index (κ2) is 10.4. The van der Waals surface area contributed by atoms with Gasteiger partial charge in [0.2, 0.25) is 0 Å². The molecule has 0 unspecified atom stereocenters. The molecular weight excluding hydrogens is 485 g/mol. The number of hydrogen-bond acceptors (Lipinski definition) is 7. The quantitative estimate of drug-likeness (QED) is 0.319. The van der Waals surface area contributed by atoms with Gasteiger partial charge in [0.1, 0.15) is 24.2 Å².